The largest absolute Gasteiger partial charge is 0.389 e. The topological polar surface area (TPSA) is 66.5 Å². The normalized spacial score (nSPS) is 14.9. The van der Waals surface area contributed by atoms with Gasteiger partial charge in [-0.3, -0.25) is 0 Å². The first-order chi connectivity index (χ1) is 7.19. The second-order valence-corrected chi connectivity index (χ2v) is 4.09. The average molecular weight is 274 g/mol. The Morgan fingerprint density at radius 3 is 2.27 bits per heavy atom. The molecule has 0 saturated carbocycles. The van der Waals surface area contributed by atoms with Gasteiger partial charge in [0.2, 0.25) is 0 Å². The fraction of sp³-hybridized carbons (Fsp3) is 0.455. The number of hydrogen-bond donors (Lipinski definition) is 3. The second kappa shape index (κ2) is 6.23. The van der Waals surface area contributed by atoms with Gasteiger partial charge in [0, 0.05) is 5.33 Å². The summed E-state index contributed by atoms with van der Waals surface area (Å²) in [5.74, 6) is 0. The van der Waals surface area contributed by atoms with Crippen molar-refractivity contribution in [3.8, 4) is 0 Å². The molecule has 1 aromatic rings. The van der Waals surface area contributed by atoms with E-state index < -0.39 is 12.2 Å². The van der Waals surface area contributed by atoms with Crippen LogP contribution in [0.3, 0.4) is 0 Å². The molecule has 4 heteroatoms. The van der Waals surface area contributed by atoms with E-state index in [0.717, 1.165) is 17.5 Å². The number of hydrogen-bond acceptors (Lipinski definition) is 3. The molecule has 2 unspecified atom stereocenters. The Labute approximate surface area is 98.1 Å². The number of aliphatic hydroxyl groups is 2. The van der Waals surface area contributed by atoms with Crippen molar-refractivity contribution in [2.24, 2.45) is 5.73 Å². The van der Waals surface area contributed by atoms with Crippen molar-refractivity contribution >= 4 is 15.9 Å². The van der Waals surface area contributed by atoms with Crippen LogP contribution >= 0.6 is 15.9 Å². The van der Waals surface area contributed by atoms with Crippen molar-refractivity contribution < 1.29 is 10.2 Å². The number of nitrogens with two attached hydrogens (primary N) is 1. The maximum absolute atomic E-state index is 9.71. The van der Waals surface area contributed by atoms with Crippen molar-refractivity contribution in [1.82, 2.24) is 0 Å². The number of halogens is 1. The molecule has 84 valence electrons. The SMILES string of the molecule is NCCc1ccc(C(O)C(O)CBr)cc1. The van der Waals surface area contributed by atoms with E-state index in [4.69, 9.17) is 5.73 Å². The van der Waals surface area contributed by atoms with Crippen molar-refractivity contribution in [2.45, 2.75) is 18.6 Å². The van der Waals surface area contributed by atoms with Gasteiger partial charge in [0.25, 0.3) is 0 Å². The van der Waals surface area contributed by atoms with Gasteiger partial charge in [-0.1, -0.05) is 40.2 Å². The van der Waals surface area contributed by atoms with Gasteiger partial charge in [-0.15, -0.1) is 0 Å². The van der Waals surface area contributed by atoms with E-state index in [9.17, 15) is 10.2 Å². The van der Waals surface area contributed by atoms with E-state index in [1.54, 1.807) is 0 Å². The predicted molar refractivity (Wildman–Crippen MR) is 64.0 cm³/mol. The summed E-state index contributed by atoms with van der Waals surface area (Å²) < 4.78 is 0. The summed E-state index contributed by atoms with van der Waals surface area (Å²) in [6.07, 6.45) is -0.779. The highest BCUT2D eigenvalue weighted by atomic mass is 79.9. The Kier molecular flexibility index (Phi) is 5.25. The first-order valence-corrected chi connectivity index (χ1v) is 6.02. The molecule has 0 aliphatic carbocycles. The standard InChI is InChI=1S/C11H16BrNO2/c12-7-10(14)11(15)9-3-1-8(2-4-9)5-6-13/h1-4,10-11,14-15H,5-7,13H2. The van der Waals surface area contributed by atoms with Gasteiger partial charge >= 0.3 is 0 Å². The second-order valence-electron chi connectivity index (χ2n) is 3.45. The van der Waals surface area contributed by atoms with Gasteiger partial charge in [-0.25, -0.2) is 0 Å². The van der Waals surface area contributed by atoms with E-state index in [2.05, 4.69) is 15.9 Å². The highest BCUT2D eigenvalue weighted by Gasteiger charge is 2.16. The Bertz CT molecular complexity index is 289. The van der Waals surface area contributed by atoms with Crippen LogP contribution in [-0.2, 0) is 6.42 Å². The molecule has 0 heterocycles. The number of aliphatic hydroxyl groups excluding tert-OH is 2. The molecule has 4 N–H and O–H groups in total. The minimum Gasteiger partial charge on any atom is -0.389 e. The van der Waals surface area contributed by atoms with Crippen LogP contribution in [0.4, 0.5) is 0 Å². The molecular formula is C11H16BrNO2. The lowest BCUT2D eigenvalue weighted by Crippen LogP contribution is -2.19. The first-order valence-electron chi connectivity index (χ1n) is 4.90. The Hall–Kier alpha value is -0.420. The van der Waals surface area contributed by atoms with E-state index >= 15 is 0 Å². The summed E-state index contributed by atoms with van der Waals surface area (Å²) in [7, 11) is 0. The van der Waals surface area contributed by atoms with Crippen LogP contribution in [0.1, 0.15) is 17.2 Å². The number of rotatable bonds is 5. The highest BCUT2D eigenvalue weighted by Crippen LogP contribution is 2.18. The third kappa shape index (κ3) is 3.57. The van der Waals surface area contributed by atoms with Gasteiger partial charge in [-0.05, 0) is 24.1 Å². The zero-order chi connectivity index (χ0) is 11.3. The lowest BCUT2D eigenvalue weighted by molar-refractivity contribution is 0.0342. The summed E-state index contributed by atoms with van der Waals surface area (Å²) in [4.78, 5) is 0. The molecule has 1 aromatic carbocycles. The minimum atomic E-state index is -0.837. The molecule has 0 bridgehead atoms. The first kappa shape index (κ1) is 12.6. The zero-order valence-electron chi connectivity index (χ0n) is 8.44. The minimum absolute atomic E-state index is 0.360. The third-order valence-electron chi connectivity index (χ3n) is 2.28. The molecule has 15 heavy (non-hydrogen) atoms. The van der Waals surface area contributed by atoms with E-state index in [0.29, 0.717) is 11.9 Å². The van der Waals surface area contributed by atoms with E-state index in [1.807, 2.05) is 24.3 Å². The Morgan fingerprint density at radius 1 is 1.20 bits per heavy atom. The Balaban J connectivity index is 2.70. The summed E-state index contributed by atoms with van der Waals surface area (Å²) >= 11 is 3.13. The predicted octanol–water partition coefficient (Wildman–Crippen LogP) is 0.977. The molecule has 0 spiro atoms. The van der Waals surface area contributed by atoms with Crippen LogP contribution in [0.25, 0.3) is 0 Å². The monoisotopic (exact) mass is 273 g/mol. The van der Waals surface area contributed by atoms with Crippen LogP contribution in [0.2, 0.25) is 0 Å². The lowest BCUT2D eigenvalue weighted by atomic mass is 10.0. The summed E-state index contributed by atoms with van der Waals surface area (Å²) in [6.45, 7) is 0.617. The molecule has 1 rings (SSSR count). The maximum atomic E-state index is 9.71. The average Bonchev–Trinajstić information content (AvgIpc) is 2.28. The van der Waals surface area contributed by atoms with Crippen molar-refractivity contribution in [1.29, 1.82) is 0 Å². The molecule has 0 fully saturated rings. The van der Waals surface area contributed by atoms with Gasteiger partial charge in [0.1, 0.15) is 6.10 Å². The maximum Gasteiger partial charge on any atom is 0.106 e. The quantitative estimate of drug-likeness (QED) is 0.701. The van der Waals surface area contributed by atoms with Crippen molar-refractivity contribution in [2.75, 3.05) is 11.9 Å². The smallest absolute Gasteiger partial charge is 0.106 e. The van der Waals surface area contributed by atoms with Crippen LogP contribution in [0, 0.1) is 0 Å². The molecule has 0 aliphatic rings. The lowest BCUT2D eigenvalue weighted by Gasteiger charge is -2.16. The van der Waals surface area contributed by atoms with Crippen molar-refractivity contribution in [3.63, 3.8) is 0 Å². The van der Waals surface area contributed by atoms with Crippen molar-refractivity contribution in [3.05, 3.63) is 35.4 Å². The fourth-order valence-corrected chi connectivity index (χ4v) is 1.71. The zero-order valence-corrected chi connectivity index (χ0v) is 10.0. The molecule has 0 saturated heterocycles. The van der Waals surface area contributed by atoms with Gasteiger partial charge in [-0.2, -0.15) is 0 Å². The van der Waals surface area contributed by atoms with Crippen LogP contribution in [-0.4, -0.2) is 28.2 Å². The molecule has 0 aliphatic heterocycles. The fourth-order valence-electron chi connectivity index (χ4n) is 1.35. The van der Waals surface area contributed by atoms with Gasteiger partial charge in [0.15, 0.2) is 0 Å². The van der Waals surface area contributed by atoms with E-state index in [-0.39, 0.29) is 0 Å². The Morgan fingerprint density at radius 2 is 1.80 bits per heavy atom. The highest BCUT2D eigenvalue weighted by molar-refractivity contribution is 9.09. The van der Waals surface area contributed by atoms with Gasteiger partial charge in [0.05, 0.1) is 6.10 Å². The van der Waals surface area contributed by atoms with E-state index in [1.165, 1.54) is 0 Å². The molecule has 0 amide bonds. The molecule has 3 nitrogen and oxygen atoms in total. The van der Waals surface area contributed by atoms with Crippen LogP contribution < -0.4 is 5.73 Å². The third-order valence-corrected chi connectivity index (χ3v) is 2.94. The molecular weight excluding hydrogens is 258 g/mol. The number of benzene rings is 1. The molecule has 2 atom stereocenters. The number of alkyl halides is 1. The van der Waals surface area contributed by atoms with Crippen LogP contribution in [0.15, 0.2) is 24.3 Å². The summed E-state index contributed by atoms with van der Waals surface area (Å²) in [6, 6.07) is 7.49. The molecule has 0 aromatic heterocycles. The summed E-state index contributed by atoms with van der Waals surface area (Å²) in [5, 5.41) is 19.5. The van der Waals surface area contributed by atoms with Gasteiger partial charge < -0.3 is 15.9 Å². The molecule has 0 radical (unpaired) electrons. The van der Waals surface area contributed by atoms with Crippen LogP contribution in [0.5, 0.6) is 0 Å². The summed E-state index contributed by atoms with van der Waals surface area (Å²) in [5.41, 5.74) is 7.30.